The van der Waals surface area contributed by atoms with E-state index in [4.69, 9.17) is 10.5 Å². The van der Waals surface area contributed by atoms with Gasteiger partial charge in [0.15, 0.2) is 0 Å². The Morgan fingerprint density at radius 1 is 1.15 bits per heavy atom. The van der Waals surface area contributed by atoms with Crippen molar-refractivity contribution < 1.29 is 17.9 Å². The molecule has 1 saturated heterocycles. The molecule has 8 heteroatoms. The van der Waals surface area contributed by atoms with Crippen LogP contribution in [0.1, 0.15) is 11.1 Å². The number of benzene rings is 1. The molecule has 1 fully saturated rings. The third-order valence-electron chi connectivity index (χ3n) is 2.98. The van der Waals surface area contributed by atoms with Crippen LogP contribution in [0.15, 0.2) is 18.2 Å². The zero-order valence-corrected chi connectivity index (χ0v) is 12.3. The highest BCUT2D eigenvalue weighted by Crippen LogP contribution is 2.33. The summed E-state index contributed by atoms with van der Waals surface area (Å²) in [6, 6.07) is 3.73. The van der Waals surface area contributed by atoms with E-state index >= 15 is 0 Å². The summed E-state index contributed by atoms with van der Waals surface area (Å²) in [5, 5.41) is 0. The van der Waals surface area contributed by atoms with E-state index in [0.717, 1.165) is 17.8 Å². The van der Waals surface area contributed by atoms with Gasteiger partial charge in [0, 0.05) is 25.3 Å². The summed E-state index contributed by atoms with van der Waals surface area (Å²) in [5.41, 5.74) is 6.18. The second-order valence-corrected chi connectivity index (χ2v) is 4.14. The molecule has 1 aliphatic rings. The minimum absolute atomic E-state index is 0. The van der Waals surface area contributed by atoms with Crippen LogP contribution < -0.4 is 10.6 Å². The van der Waals surface area contributed by atoms with Crippen molar-refractivity contribution in [2.24, 2.45) is 5.73 Å². The number of nitrogens with zero attached hydrogens (tertiary/aromatic N) is 1. The summed E-state index contributed by atoms with van der Waals surface area (Å²) >= 11 is 0. The Kier molecular flexibility index (Phi) is 7.65. The maximum atomic E-state index is 12.6. The van der Waals surface area contributed by atoms with Crippen LogP contribution in [-0.4, -0.2) is 26.3 Å². The number of alkyl halides is 3. The summed E-state index contributed by atoms with van der Waals surface area (Å²) in [6.45, 7) is 2.63. The molecule has 2 rings (SSSR count). The third-order valence-corrected chi connectivity index (χ3v) is 2.98. The zero-order valence-electron chi connectivity index (χ0n) is 10.7. The lowest BCUT2D eigenvalue weighted by Crippen LogP contribution is -2.37. The molecule has 0 bridgehead atoms. The van der Waals surface area contributed by atoms with Crippen molar-refractivity contribution >= 4 is 30.5 Å². The lowest BCUT2D eigenvalue weighted by molar-refractivity contribution is -0.137. The minimum atomic E-state index is -4.33. The quantitative estimate of drug-likeness (QED) is 0.905. The number of ether oxygens (including phenoxy) is 1. The van der Waals surface area contributed by atoms with Crippen LogP contribution in [0, 0.1) is 0 Å². The zero-order chi connectivity index (χ0) is 13.2. The summed E-state index contributed by atoms with van der Waals surface area (Å²) in [5.74, 6) is 0. The normalized spacial score (nSPS) is 15.3. The van der Waals surface area contributed by atoms with E-state index in [2.05, 4.69) is 0 Å². The van der Waals surface area contributed by atoms with E-state index in [9.17, 15) is 13.2 Å². The number of halogens is 5. The summed E-state index contributed by atoms with van der Waals surface area (Å²) in [6.07, 6.45) is -4.33. The first-order chi connectivity index (χ1) is 8.52. The SMILES string of the molecule is Cl.Cl.NCc1cc(C(F)(F)F)ccc1N1CCOCC1. The monoisotopic (exact) mass is 332 g/mol. The van der Waals surface area contributed by atoms with E-state index in [1.165, 1.54) is 6.07 Å². The van der Waals surface area contributed by atoms with Gasteiger partial charge in [-0.05, 0) is 23.8 Å². The number of hydrogen-bond donors (Lipinski definition) is 1. The molecule has 0 aromatic heterocycles. The first kappa shape index (κ1) is 19.3. The average Bonchev–Trinajstić information content (AvgIpc) is 2.38. The molecule has 0 unspecified atom stereocenters. The summed E-state index contributed by atoms with van der Waals surface area (Å²) in [7, 11) is 0. The maximum absolute atomic E-state index is 12.6. The number of anilines is 1. The Hall–Kier alpha value is -0.690. The van der Waals surface area contributed by atoms with E-state index in [0.29, 0.717) is 31.9 Å². The number of morpholine rings is 1. The molecule has 1 heterocycles. The van der Waals surface area contributed by atoms with Gasteiger partial charge in [-0.15, -0.1) is 24.8 Å². The Morgan fingerprint density at radius 2 is 1.75 bits per heavy atom. The lowest BCUT2D eigenvalue weighted by Gasteiger charge is -2.30. The van der Waals surface area contributed by atoms with Crippen LogP contribution in [0.2, 0.25) is 0 Å². The molecule has 0 spiro atoms. The molecule has 0 amide bonds. The van der Waals surface area contributed by atoms with E-state index in [-0.39, 0.29) is 31.4 Å². The van der Waals surface area contributed by atoms with Gasteiger partial charge in [-0.1, -0.05) is 0 Å². The molecule has 3 nitrogen and oxygen atoms in total. The Bertz CT molecular complexity index is 424. The Morgan fingerprint density at radius 3 is 2.25 bits per heavy atom. The Labute approximate surface area is 128 Å². The average molecular weight is 333 g/mol. The molecule has 116 valence electrons. The largest absolute Gasteiger partial charge is 0.416 e. The van der Waals surface area contributed by atoms with Crippen molar-refractivity contribution in [3.8, 4) is 0 Å². The van der Waals surface area contributed by atoms with Crippen LogP contribution in [0.5, 0.6) is 0 Å². The number of nitrogens with two attached hydrogens (primary N) is 1. The first-order valence-corrected chi connectivity index (χ1v) is 5.75. The fourth-order valence-electron chi connectivity index (χ4n) is 2.04. The standard InChI is InChI=1S/C12H15F3N2O.2ClH/c13-12(14,15)10-1-2-11(9(7-10)8-16)17-3-5-18-6-4-17;;/h1-2,7H,3-6,8,16H2;2*1H. The van der Waals surface area contributed by atoms with Crippen molar-refractivity contribution in [2.75, 3.05) is 31.2 Å². The predicted octanol–water partition coefficient (Wildman–Crippen LogP) is 2.84. The molecular formula is C12H17Cl2F3N2O. The van der Waals surface area contributed by atoms with Crippen LogP contribution in [0.4, 0.5) is 18.9 Å². The van der Waals surface area contributed by atoms with Crippen molar-refractivity contribution in [1.29, 1.82) is 0 Å². The van der Waals surface area contributed by atoms with Gasteiger partial charge in [0.1, 0.15) is 0 Å². The summed E-state index contributed by atoms with van der Waals surface area (Å²) in [4.78, 5) is 2.01. The van der Waals surface area contributed by atoms with Gasteiger partial charge in [0.2, 0.25) is 0 Å². The number of hydrogen-bond acceptors (Lipinski definition) is 3. The fourth-order valence-corrected chi connectivity index (χ4v) is 2.04. The highest BCUT2D eigenvalue weighted by molar-refractivity contribution is 5.85. The van der Waals surface area contributed by atoms with Gasteiger partial charge >= 0.3 is 6.18 Å². The van der Waals surface area contributed by atoms with Gasteiger partial charge < -0.3 is 15.4 Å². The highest BCUT2D eigenvalue weighted by atomic mass is 35.5. The molecule has 0 saturated carbocycles. The lowest BCUT2D eigenvalue weighted by atomic mass is 10.1. The van der Waals surface area contributed by atoms with Crippen molar-refractivity contribution in [2.45, 2.75) is 12.7 Å². The number of rotatable bonds is 2. The van der Waals surface area contributed by atoms with Crippen molar-refractivity contribution in [1.82, 2.24) is 0 Å². The van der Waals surface area contributed by atoms with Crippen LogP contribution in [-0.2, 0) is 17.5 Å². The summed E-state index contributed by atoms with van der Waals surface area (Å²) < 4.78 is 43.0. The van der Waals surface area contributed by atoms with Crippen LogP contribution in [0.25, 0.3) is 0 Å². The third kappa shape index (κ3) is 4.41. The van der Waals surface area contributed by atoms with E-state index in [1.807, 2.05) is 4.90 Å². The first-order valence-electron chi connectivity index (χ1n) is 5.75. The molecule has 2 N–H and O–H groups in total. The van der Waals surface area contributed by atoms with E-state index < -0.39 is 11.7 Å². The molecule has 0 radical (unpaired) electrons. The maximum Gasteiger partial charge on any atom is 0.416 e. The smallest absolute Gasteiger partial charge is 0.378 e. The van der Waals surface area contributed by atoms with Gasteiger partial charge in [-0.25, -0.2) is 0 Å². The highest BCUT2D eigenvalue weighted by Gasteiger charge is 2.31. The van der Waals surface area contributed by atoms with E-state index in [1.54, 1.807) is 0 Å². The molecule has 1 aliphatic heterocycles. The van der Waals surface area contributed by atoms with Gasteiger partial charge in [-0.3, -0.25) is 0 Å². The van der Waals surface area contributed by atoms with Gasteiger partial charge in [0.25, 0.3) is 0 Å². The predicted molar refractivity (Wildman–Crippen MR) is 76.9 cm³/mol. The van der Waals surface area contributed by atoms with Gasteiger partial charge in [0.05, 0.1) is 18.8 Å². The topological polar surface area (TPSA) is 38.5 Å². The Balaban J connectivity index is 0.00000180. The van der Waals surface area contributed by atoms with Crippen LogP contribution in [0.3, 0.4) is 0 Å². The van der Waals surface area contributed by atoms with Crippen molar-refractivity contribution in [3.63, 3.8) is 0 Å². The van der Waals surface area contributed by atoms with Crippen molar-refractivity contribution in [3.05, 3.63) is 29.3 Å². The second-order valence-electron chi connectivity index (χ2n) is 4.14. The van der Waals surface area contributed by atoms with Crippen LogP contribution >= 0.6 is 24.8 Å². The second kappa shape index (κ2) is 7.93. The molecule has 0 atom stereocenters. The minimum Gasteiger partial charge on any atom is -0.378 e. The fraction of sp³-hybridized carbons (Fsp3) is 0.500. The molecular weight excluding hydrogens is 316 g/mol. The molecule has 1 aromatic carbocycles. The molecule has 20 heavy (non-hydrogen) atoms. The molecule has 0 aliphatic carbocycles. The molecule has 1 aromatic rings. The van der Waals surface area contributed by atoms with Gasteiger partial charge in [-0.2, -0.15) is 13.2 Å².